The van der Waals surface area contributed by atoms with Crippen molar-refractivity contribution >= 4 is 17.7 Å². The van der Waals surface area contributed by atoms with Gasteiger partial charge in [-0.15, -0.1) is 0 Å². The predicted molar refractivity (Wildman–Crippen MR) is 59.1 cm³/mol. The molecule has 0 aromatic heterocycles. The second-order valence-electron chi connectivity index (χ2n) is 3.65. The van der Waals surface area contributed by atoms with E-state index in [4.69, 9.17) is 11.5 Å². The number of carbonyl (C=O) groups is 3. The Morgan fingerprint density at radius 2 is 1.88 bits per heavy atom. The number of rotatable bonds is 7. The zero-order chi connectivity index (χ0) is 12.6. The fourth-order valence-corrected chi connectivity index (χ4v) is 1.14. The van der Waals surface area contributed by atoms with Crippen molar-refractivity contribution in [2.45, 2.75) is 45.1 Å². The fraction of sp³-hybridized carbons (Fsp3) is 0.700. The molecule has 6 heteroatoms. The van der Waals surface area contributed by atoms with Gasteiger partial charge >= 0.3 is 0 Å². The van der Waals surface area contributed by atoms with Gasteiger partial charge in [-0.25, -0.2) is 0 Å². The van der Waals surface area contributed by atoms with Crippen molar-refractivity contribution in [1.29, 1.82) is 0 Å². The predicted octanol–water partition coefficient (Wildman–Crippen LogP) is -0.588. The van der Waals surface area contributed by atoms with E-state index in [1.165, 1.54) is 0 Å². The van der Waals surface area contributed by atoms with Crippen LogP contribution < -0.4 is 16.8 Å². The summed E-state index contributed by atoms with van der Waals surface area (Å²) >= 11 is 0. The molecule has 1 atom stereocenters. The minimum Gasteiger partial charge on any atom is -0.370 e. The first-order chi connectivity index (χ1) is 7.47. The van der Waals surface area contributed by atoms with E-state index in [-0.39, 0.29) is 12.3 Å². The van der Waals surface area contributed by atoms with E-state index in [2.05, 4.69) is 5.32 Å². The average molecular weight is 229 g/mol. The second kappa shape index (κ2) is 7.81. The Bertz CT molecular complexity index is 266. The highest BCUT2D eigenvalue weighted by Gasteiger charge is 2.17. The lowest BCUT2D eigenvalue weighted by Gasteiger charge is -2.09. The molecule has 0 saturated heterocycles. The summed E-state index contributed by atoms with van der Waals surface area (Å²) in [5.74, 6) is -1.68. The molecule has 0 saturated carbocycles. The summed E-state index contributed by atoms with van der Waals surface area (Å²) in [6.07, 6.45) is 2.72. The first-order valence-electron chi connectivity index (χ1n) is 5.35. The Morgan fingerprint density at radius 1 is 1.25 bits per heavy atom. The molecule has 92 valence electrons. The van der Waals surface area contributed by atoms with Gasteiger partial charge in [-0.1, -0.05) is 19.8 Å². The Hall–Kier alpha value is -1.43. The van der Waals surface area contributed by atoms with Crippen LogP contribution in [0.15, 0.2) is 0 Å². The van der Waals surface area contributed by atoms with Gasteiger partial charge < -0.3 is 11.5 Å². The van der Waals surface area contributed by atoms with E-state index < -0.39 is 17.9 Å². The molecule has 0 aliphatic heterocycles. The van der Waals surface area contributed by atoms with E-state index in [0.29, 0.717) is 6.42 Å². The van der Waals surface area contributed by atoms with Crippen LogP contribution in [0.5, 0.6) is 0 Å². The van der Waals surface area contributed by atoms with Crippen LogP contribution in [-0.4, -0.2) is 23.8 Å². The van der Waals surface area contributed by atoms with Crippen LogP contribution in [-0.2, 0) is 14.4 Å². The number of amides is 3. The Morgan fingerprint density at radius 3 is 2.38 bits per heavy atom. The SMILES string of the molecule is CCCCCC(=O)NC(=O)[C@@H](N)CC(N)=O. The maximum absolute atomic E-state index is 11.3. The Kier molecular flexibility index (Phi) is 7.11. The highest BCUT2D eigenvalue weighted by atomic mass is 16.2. The number of nitrogens with one attached hydrogen (secondary N) is 1. The molecule has 0 radical (unpaired) electrons. The van der Waals surface area contributed by atoms with Crippen LogP contribution in [0, 0.1) is 0 Å². The third-order valence-corrected chi connectivity index (χ3v) is 2.03. The van der Waals surface area contributed by atoms with Crippen LogP contribution in [0.4, 0.5) is 0 Å². The minimum atomic E-state index is -1.05. The maximum Gasteiger partial charge on any atom is 0.243 e. The molecule has 0 fully saturated rings. The topological polar surface area (TPSA) is 115 Å². The van der Waals surface area contributed by atoms with E-state index in [9.17, 15) is 14.4 Å². The standard InChI is InChI=1S/C10H19N3O3/c1-2-3-4-5-9(15)13-10(16)7(11)6-8(12)14/h7H,2-6,11H2,1H3,(H2,12,14)(H,13,15,16)/t7-/m0/s1. The minimum absolute atomic E-state index is 0.256. The number of hydrogen-bond donors (Lipinski definition) is 3. The zero-order valence-electron chi connectivity index (χ0n) is 9.49. The van der Waals surface area contributed by atoms with Gasteiger partial charge in [-0.05, 0) is 6.42 Å². The van der Waals surface area contributed by atoms with E-state index >= 15 is 0 Å². The summed E-state index contributed by atoms with van der Waals surface area (Å²) in [6, 6.07) is -1.05. The molecule has 5 N–H and O–H groups in total. The molecule has 3 amide bonds. The van der Waals surface area contributed by atoms with Crippen LogP contribution in [0.2, 0.25) is 0 Å². The summed E-state index contributed by atoms with van der Waals surface area (Å²) in [5.41, 5.74) is 10.2. The average Bonchev–Trinajstić information content (AvgIpc) is 2.16. The maximum atomic E-state index is 11.3. The molecule has 0 bridgehead atoms. The number of imide groups is 1. The van der Waals surface area contributed by atoms with E-state index in [1.54, 1.807) is 0 Å². The summed E-state index contributed by atoms with van der Waals surface area (Å²) in [7, 11) is 0. The van der Waals surface area contributed by atoms with Crippen LogP contribution in [0.1, 0.15) is 39.0 Å². The highest BCUT2D eigenvalue weighted by molar-refractivity contribution is 5.99. The highest BCUT2D eigenvalue weighted by Crippen LogP contribution is 1.98. The molecule has 16 heavy (non-hydrogen) atoms. The third kappa shape index (κ3) is 6.94. The van der Waals surface area contributed by atoms with Gasteiger partial charge in [-0.3, -0.25) is 19.7 Å². The van der Waals surface area contributed by atoms with Gasteiger partial charge in [0, 0.05) is 6.42 Å². The van der Waals surface area contributed by atoms with Gasteiger partial charge in [0.05, 0.1) is 12.5 Å². The molecular weight excluding hydrogens is 210 g/mol. The lowest BCUT2D eigenvalue weighted by Crippen LogP contribution is -2.45. The second-order valence-corrected chi connectivity index (χ2v) is 3.65. The number of primary amides is 1. The smallest absolute Gasteiger partial charge is 0.243 e. The van der Waals surface area contributed by atoms with Crippen LogP contribution >= 0.6 is 0 Å². The number of hydrogen-bond acceptors (Lipinski definition) is 4. The molecule has 0 spiro atoms. The van der Waals surface area contributed by atoms with Gasteiger partial charge in [0.25, 0.3) is 0 Å². The monoisotopic (exact) mass is 229 g/mol. The lowest BCUT2D eigenvalue weighted by atomic mass is 10.1. The van der Waals surface area contributed by atoms with Crippen LogP contribution in [0.3, 0.4) is 0 Å². The van der Waals surface area contributed by atoms with Crippen molar-refractivity contribution in [3.8, 4) is 0 Å². The first kappa shape index (κ1) is 14.6. The van der Waals surface area contributed by atoms with Gasteiger partial charge in [0.2, 0.25) is 17.7 Å². The molecule has 0 aromatic rings. The van der Waals surface area contributed by atoms with Gasteiger partial charge in [0.1, 0.15) is 0 Å². The molecule has 0 aliphatic rings. The molecule has 0 unspecified atom stereocenters. The largest absolute Gasteiger partial charge is 0.370 e. The van der Waals surface area contributed by atoms with Crippen LogP contribution in [0.25, 0.3) is 0 Å². The zero-order valence-corrected chi connectivity index (χ0v) is 9.49. The Labute approximate surface area is 94.7 Å². The molecule has 0 aliphatic carbocycles. The summed E-state index contributed by atoms with van der Waals surface area (Å²) in [5, 5.41) is 2.13. The quantitative estimate of drug-likeness (QED) is 0.506. The Balaban J connectivity index is 3.85. The van der Waals surface area contributed by atoms with Gasteiger partial charge in [0.15, 0.2) is 0 Å². The molecule has 6 nitrogen and oxygen atoms in total. The summed E-state index contributed by atoms with van der Waals surface area (Å²) in [4.78, 5) is 33.0. The van der Waals surface area contributed by atoms with Crippen molar-refractivity contribution < 1.29 is 14.4 Å². The molecular formula is C10H19N3O3. The molecule has 0 heterocycles. The fourth-order valence-electron chi connectivity index (χ4n) is 1.14. The number of unbranched alkanes of at least 4 members (excludes halogenated alkanes) is 2. The number of carbonyl (C=O) groups excluding carboxylic acids is 3. The summed E-state index contributed by atoms with van der Waals surface area (Å²) in [6.45, 7) is 2.02. The molecule has 0 aromatic carbocycles. The summed E-state index contributed by atoms with van der Waals surface area (Å²) < 4.78 is 0. The van der Waals surface area contributed by atoms with Crippen molar-refractivity contribution in [2.24, 2.45) is 11.5 Å². The number of nitrogens with two attached hydrogens (primary N) is 2. The van der Waals surface area contributed by atoms with E-state index in [1.807, 2.05) is 6.92 Å². The molecule has 0 rings (SSSR count). The van der Waals surface area contributed by atoms with E-state index in [0.717, 1.165) is 19.3 Å². The van der Waals surface area contributed by atoms with Crippen molar-refractivity contribution in [3.63, 3.8) is 0 Å². The lowest BCUT2D eigenvalue weighted by molar-refractivity contribution is -0.132. The van der Waals surface area contributed by atoms with Crippen molar-refractivity contribution in [3.05, 3.63) is 0 Å². The van der Waals surface area contributed by atoms with Crippen molar-refractivity contribution in [2.75, 3.05) is 0 Å². The normalized spacial score (nSPS) is 11.9. The van der Waals surface area contributed by atoms with Crippen molar-refractivity contribution in [1.82, 2.24) is 5.32 Å². The first-order valence-corrected chi connectivity index (χ1v) is 5.35. The van der Waals surface area contributed by atoms with Gasteiger partial charge in [-0.2, -0.15) is 0 Å². The third-order valence-electron chi connectivity index (χ3n) is 2.03.